The first-order valence-corrected chi connectivity index (χ1v) is 11.9. The summed E-state index contributed by atoms with van der Waals surface area (Å²) in [7, 11) is 1.49. The van der Waals surface area contributed by atoms with E-state index in [9.17, 15) is 9.59 Å². The normalized spacial score (nSPS) is 17.4. The second kappa shape index (κ2) is 9.28. The highest BCUT2D eigenvalue weighted by molar-refractivity contribution is 5.71. The van der Waals surface area contributed by atoms with Crippen molar-refractivity contribution in [3.05, 3.63) is 80.8 Å². The maximum absolute atomic E-state index is 13.3. The highest BCUT2D eigenvalue weighted by atomic mass is 16.2. The Bertz CT molecular complexity index is 1520. The monoisotopic (exact) mass is 472 g/mol. The van der Waals surface area contributed by atoms with Gasteiger partial charge in [0.05, 0.1) is 0 Å². The quantitative estimate of drug-likeness (QED) is 0.380. The first-order valence-electron chi connectivity index (χ1n) is 11.9. The van der Waals surface area contributed by atoms with E-state index in [1.54, 1.807) is 0 Å². The van der Waals surface area contributed by atoms with Crippen molar-refractivity contribution in [1.82, 2.24) is 39.7 Å². The smallest absolute Gasteiger partial charge is 0.321 e. The van der Waals surface area contributed by atoms with Gasteiger partial charge >= 0.3 is 5.69 Å². The topological polar surface area (TPSA) is 127 Å². The Morgan fingerprint density at radius 1 is 1.14 bits per heavy atom. The number of aryl methyl sites for hydroxylation is 1. The van der Waals surface area contributed by atoms with Gasteiger partial charge in [0.1, 0.15) is 5.82 Å². The van der Waals surface area contributed by atoms with Crippen LogP contribution in [0.5, 0.6) is 0 Å². The third kappa shape index (κ3) is 4.05. The van der Waals surface area contributed by atoms with Crippen LogP contribution in [0.15, 0.2) is 58.2 Å². The molecule has 180 valence electrons. The van der Waals surface area contributed by atoms with E-state index in [2.05, 4.69) is 50.8 Å². The van der Waals surface area contributed by atoms with Crippen LogP contribution in [-0.4, -0.2) is 39.7 Å². The number of imidazole rings is 1. The highest BCUT2D eigenvalue weighted by Gasteiger charge is 2.35. The van der Waals surface area contributed by atoms with E-state index in [-0.39, 0.29) is 5.56 Å². The highest BCUT2D eigenvalue weighted by Crippen LogP contribution is 2.40. The number of nitrogens with one attached hydrogen (secondary N) is 2. The molecule has 5 rings (SSSR count). The standard InChI is InChI=1S/C25H28N8O2/c1-3-4-6-13-19-26-22-20(23(34)32(2)24(35)27-22)33(19)16-25(14-9-5-10-15-25)18-12-8-7-11-17(18)21-28-30-31-29-21/h5,7-12,14H,3-4,6,13,15-16H2,1-2H3,(H,27,35)(H,28,29,30,31). The molecule has 0 saturated heterocycles. The van der Waals surface area contributed by atoms with Crippen molar-refractivity contribution in [2.75, 3.05) is 0 Å². The Hall–Kier alpha value is -4.08. The fraction of sp³-hybridized carbons (Fsp3) is 0.360. The molecule has 0 amide bonds. The van der Waals surface area contributed by atoms with Crippen LogP contribution in [0.3, 0.4) is 0 Å². The molecule has 1 aromatic carbocycles. The number of allylic oxidation sites excluding steroid dienone is 4. The summed E-state index contributed by atoms with van der Waals surface area (Å²) < 4.78 is 3.10. The van der Waals surface area contributed by atoms with Crippen molar-refractivity contribution in [1.29, 1.82) is 0 Å². The van der Waals surface area contributed by atoms with Gasteiger partial charge in [-0.2, -0.15) is 5.21 Å². The fourth-order valence-electron chi connectivity index (χ4n) is 4.87. The first-order chi connectivity index (χ1) is 17.0. The third-order valence-electron chi connectivity index (χ3n) is 6.72. The molecule has 0 spiro atoms. The average molecular weight is 473 g/mol. The van der Waals surface area contributed by atoms with Gasteiger partial charge in [-0.1, -0.05) is 68.3 Å². The summed E-state index contributed by atoms with van der Waals surface area (Å²) in [5.74, 6) is 1.31. The number of hydrogen-bond acceptors (Lipinski definition) is 6. The zero-order valence-electron chi connectivity index (χ0n) is 19.9. The SMILES string of the molecule is CCCCCc1nc2[nH]c(=O)n(C)c(=O)c2n1CC1(c2ccccc2-c2nn[nH]n2)C=CC=CC1. The lowest BCUT2D eigenvalue weighted by molar-refractivity contribution is 0.441. The van der Waals surface area contributed by atoms with Crippen LogP contribution in [0.2, 0.25) is 0 Å². The summed E-state index contributed by atoms with van der Waals surface area (Å²) in [5.41, 5.74) is 1.35. The molecule has 3 heterocycles. The number of nitrogens with zero attached hydrogens (tertiary/aromatic N) is 6. The number of unbranched alkanes of at least 4 members (excludes halogenated alkanes) is 2. The minimum atomic E-state index is -0.486. The second-order valence-corrected chi connectivity index (χ2v) is 8.99. The molecule has 1 aliphatic rings. The molecule has 10 nitrogen and oxygen atoms in total. The Morgan fingerprint density at radius 2 is 2.00 bits per heavy atom. The predicted octanol–water partition coefficient (Wildman–Crippen LogP) is 2.79. The Labute approximate surface area is 201 Å². The molecular weight excluding hydrogens is 444 g/mol. The zero-order chi connectivity index (χ0) is 24.4. The second-order valence-electron chi connectivity index (χ2n) is 8.99. The average Bonchev–Trinajstić information content (AvgIpc) is 3.52. The molecule has 0 aliphatic heterocycles. The van der Waals surface area contributed by atoms with Gasteiger partial charge in [-0.25, -0.2) is 9.78 Å². The summed E-state index contributed by atoms with van der Waals surface area (Å²) in [5, 5.41) is 14.7. The predicted molar refractivity (Wildman–Crippen MR) is 133 cm³/mol. The summed E-state index contributed by atoms with van der Waals surface area (Å²) >= 11 is 0. The van der Waals surface area contributed by atoms with E-state index in [0.29, 0.717) is 23.5 Å². The van der Waals surface area contributed by atoms with Crippen LogP contribution < -0.4 is 11.2 Å². The van der Waals surface area contributed by atoms with Crippen LogP contribution in [0.1, 0.15) is 44.0 Å². The number of tetrazole rings is 1. The molecule has 2 N–H and O–H groups in total. The van der Waals surface area contributed by atoms with Crippen LogP contribution in [0.4, 0.5) is 0 Å². The van der Waals surface area contributed by atoms with E-state index >= 15 is 0 Å². The van der Waals surface area contributed by atoms with Crippen molar-refractivity contribution < 1.29 is 0 Å². The van der Waals surface area contributed by atoms with Gasteiger partial charge in [-0.15, -0.1) is 10.2 Å². The Kier molecular flexibility index (Phi) is 6.02. The first kappa shape index (κ1) is 22.7. The summed E-state index contributed by atoms with van der Waals surface area (Å²) in [6.07, 6.45) is 12.9. The van der Waals surface area contributed by atoms with Gasteiger partial charge in [0, 0.05) is 31.0 Å². The van der Waals surface area contributed by atoms with Gasteiger partial charge in [0.15, 0.2) is 11.2 Å². The van der Waals surface area contributed by atoms with Crippen LogP contribution >= 0.6 is 0 Å². The number of fused-ring (bicyclic) bond motifs is 1. The third-order valence-corrected chi connectivity index (χ3v) is 6.72. The van der Waals surface area contributed by atoms with Gasteiger partial charge in [-0.05, 0) is 23.6 Å². The minimum Gasteiger partial charge on any atom is -0.321 e. The van der Waals surface area contributed by atoms with Crippen molar-refractivity contribution in [3.63, 3.8) is 0 Å². The zero-order valence-corrected chi connectivity index (χ0v) is 19.9. The van der Waals surface area contributed by atoms with E-state index in [1.807, 2.05) is 34.9 Å². The molecule has 1 atom stereocenters. The van der Waals surface area contributed by atoms with Crippen molar-refractivity contribution in [2.24, 2.45) is 7.05 Å². The molecule has 3 aromatic heterocycles. The number of H-pyrrole nitrogens is 2. The van der Waals surface area contributed by atoms with Crippen LogP contribution in [-0.2, 0) is 25.4 Å². The van der Waals surface area contributed by atoms with Crippen molar-refractivity contribution in [2.45, 2.75) is 51.0 Å². The number of aromatic nitrogens is 8. The molecule has 0 bridgehead atoms. The number of hydrogen-bond donors (Lipinski definition) is 2. The Morgan fingerprint density at radius 3 is 2.74 bits per heavy atom. The fourth-order valence-corrected chi connectivity index (χ4v) is 4.87. The van der Waals surface area contributed by atoms with Gasteiger partial charge in [0.25, 0.3) is 5.56 Å². The van der Waals surface area contributed by atoms with Gasteiger partial charge in [-0.3, -0.25) is 14.3 Å². The van der Waals surface area contributed by atoms with Gasteiger partial charge < -0.3 is 4.57 Å². The van der Waals surface area contributed by atoms with Crippen molar-refractivity contribution >= 4 is 11.2 Å². The molecule has 0 fully saturated rings. The summed E-state index contributed by atoms with van der Waals surface area (Å²) in [6.45, 7) is 2.63. The molecule has 35 heavy (non-hydrogen) atoms. The van der Waals surface area contributed by atoms with Crippen LogP contribution in [0.25, 0.3) is 22.6 Å². The molecule has 1 unspecified atom stereocenters. The number of benzene rings is 1. The molecule has 0 saturated carbocycles. The lowest BCUT2D eigenvalue weighted by Gasteiger charge is -2.34. The molecular formula is C25H28N8O2. The number of aromatic amines is 2. The lowest BCUT2D eigenvalue weighted by atomic mass is 9.73. The Balaban J connectivity index is 1.71. The van der Waals surface area contributed by atoms with E-state index in [4.69, 9.17) is 4.98 Å². The summed E-state index contributed by atoms with van der Waals surface area (Å²) in [4.78, 5) is 33.1. The van der Waals surface area contributed by atoms with E-state index < -0.39 is 11.1 Å². The minimum absolute atomic E-state index is 0.335. The molecule has 4 aromatic rings. The van der Waals surface area contributed by atoms with Crippen LogP contribution in [0, 0.1) is 0 Å². The summed E-state index contributed by atoms with van der Waals surface area (Å²) in [6, 6.07) is 8.01. The van der Waals surface area contributed by atoms with Crippen molar-refractivity contribution in [3.8, 4) is 11.4 Å². The maximum Gasteiger partial charge on any atom is 0.329 e. The molecule has 10 heteroatoms. The van der Waals surface area contributed by atoms with Gasteiger partial charge in [0.2, 0.25) is 5.82 Å². The molecule has 1 aliphatic carbocycles. The number of rotatable bonds is 8. The largest absolute Gasteiger partial charge is 0.329 e. The molecule has 0 radical (unpaired) electrons. The maximum atomic E-state index is 13.3. The van der Waals surface area contributed by atoms with E-state index in [1.165, 1.54) is 7.05 Å². The van der Waals surface area contributed by atoms with E-state index in [0.717, 1.165) is 53.6 Å². The lowest BCUT2D eigenvalue weighted by Crippen LogP contribution is -2.36.